The Morgan fingerprint density at radius 2 is 1.82 bits per heavy atom. The fourth-order valence-electron chi connectivity index (χ4n) is 2.65. The highest BCUT2D eigenvalue weighted by Crippen LogP contribution is 2.34. The highest BCUT2D eigenvalue weighted by molar-refractivity contribution is 8.26. The van der Waals surface area contributed by atoms with Gasteiger partial charge in [-0.3, -0.25) is 9.69 Å². The number of carboxylic acid groups (broad SMARTS) is 2. The highest BCUT2D eigenvalue weighted by atomic mass is 32.2. The number of carbonyl (C=O) groups is 3. The van der Waals surface area contributed by atoms with E-state index < -0.39 is 11.9 Å². The molecule has 0 unspecified atom stereocenters. The molecule has 1 aliphatic rings. The zero-order valence-corrected chi connectivity index (χ0v) is 16.3. The number of hydrogen-bond acceptors (Lipinski definition) is 6. The van der Waals surface area contributed by atoms with Crippen LogP contribution in [0.2, 0.25) is 0 Å². The number of thiocarbonyl (C=S) groups is 1. The van der Waals surface area contributed by atoms with Crippen molar-refractivity contribution in [2.24, 2.45) is 0 Å². The smallest absolute Gasteiger partial charge is 0.335 e. The van der Waals surface area contributed by atoms with Crippen molar-refractivity contribution in [3.63, 3.8) is 0 Å². The van der Waals surface area contributed by atoms with Gasteiger partial charge in [0.15, 0.2) is 0 Å². The Hall–Kier alpha value is -2.91. The van der Waals surface area contributed by atoms with Crippen LogP contribution in [0.4, 0.5) is 0 Å². The summed E-state index contributed by atoms with van der Waals surface area (Å²) in [5.41, 5.74) is -0.00273. The van der Waals surface area contributed by atoms with Crippen LogP contribution in [0.1, 0.15) is 39.8 Å². The number of rotatable bonds is 6. The predicted octanol–water partition coefficient (Wildman–Crippen LogP) is 3.95. The molecule has 2 N–H and O–H groups in total. The van der Waals surface area contributed by atoms with Gasteiger partial charge in [-0.05, 0) is 36.8 Å². The van der Waals surface area contributed by atoms with Gasteiger partial charge in [-0.25, -0.2) is 9.59 Å². The van der Waals surface area contributed by atoms with E-state index in [0.717, 1.165) is 12.5 Å². The van der Waals surface area contributed by atoms with Gasteiger partial charge in [0.2, 0.25) is 0 Å². The second-order valence-corrected chi connectivity index (χ2v) is 7.62. The molecule has 0 aliphatic carbocycles. The SMILES string of the molecule is CCCN1C(=O)/C(=C\c2ccc(-c3cc(C(=O)O)cc(C(=O)O)c3)o2)SC1=S. The number of hydrogen-bond donors (Lipinski definition) is 2. The minimum absolute atomic E-state index is 0.159. The minimum Gasteiger partial charge on any atom is -0.478 e. The molecule has 0 saturated carbocycles. The Morgan fingerprint density at radius 3 is 2.39 bits per heavy atom. The molecule has 1 aromatic carbocycles. The van der Waals surface area contributed by atoms with Crippen LogP contribution in [-0.2, 0) is 4.79 Å². The van der Waals surface area contributed by atoms with Crippen molar-refractivity contribution in [2.45, 2.75) is 13.3 Å². The average Bonchev–Trinajstić information content (AvgIpc) is 3.22. The number of carboxylic acids is 2. The van der Waals surface area contributed by atoms with Crippen molar-refractivity contribution in [3.8, 4) is 11.3 Å². The monoisotopic (exact) mass is 417 g/mol. The molecule has 7 nitrogen and oxygen atoms in total. The van der Waals surface area contributed by atoms with Crippen LogP contribution in [-0.4, -0.2) is 43.8 Å². The number of carbonyl (C=O) groups excluding carboxylic acids is 1. The van der Waals surface area contributed by atoms with Crippen molar-refractivity contribution >= 4 is 52.2 Å². The molecule has 9 heteroatoms. The van der Waals surface area contributed by atoms with Gasteiger partial charge in [0.1, 0.15) is 15.8 Å². The number of benzene rings is 1. The summed E-state index contributed by atoms with van der Waals surface area (Å²) in [6.45, 7) is 2.50. The molecule has 2 heterocycles. The normalized spacial score (nSPS) is 15.5. The standard InChI is InChI=1S/C19H15NO6S2/c1-2-5-20-16(21)15(28-19(20)27)9-13-3-4-14(26-13)10-6-11(17(22)23)8-12(7-10)18(24)25/h3-4,6-9H,2,5H2,1H3,(H,22,23)(H,24,25)/b15-9+. The summed E-state index contributed by atoms with van der Waals surface area (Å²) >= 11 is 6.41. The van der Waals surface area contributed by atoms with Gasteiger partial charge in [-0.2, -0.15) is 0 Å². The first-order chi connectivity index (χ1) is 13.3. The second kappa shape index (κ2) is 7.99. The molecule has 1 saturated heterocycles. The summed E-state index contributed by atoms with van der Waals surface area (Å²) in [6, 6.07) is 6.95. The van der Waals surface area contributed by atoms with E-state index in [-0.39, 0.29) is 17.0 Å². The molecule has 3 rings (SSSR count). The molecular weight excluding hydrogens is 402 g/mol. The summed E-state index contributed by atoms with van der Waals surface area (Å²) in [7, 11) is 0. The fraction of sp³-hybridized carbons (Fsp3) is 0.158. The Morgan fingerprint density at radius 1 is 1.18 bits per heavy atom. The van der Waals surface area contributed by atoms with Crippen LogP contribution in [0.5, 0.6) is 0 Å². The summed E-state index contributed by atoms with van der Waals surface area (Å²) in [5.74, 6) is -1.99. The van der Waals surface area contributed by atoms with Crippen LogP contribution in [0.3, 0.4) is 0 Å². The average molecular weight is 417 g/mol. The third-order valence-corrected chi connectivity index (χ3v) is 5.31. The quantitative estimate of drug-likeness (QED) is 0.537. The van der Waals surface area contributed by atoms with Crippen LogP contribution >= 0.6 is 24.0 Å². The van der Waals surface area contributed by atoms with Crippen molar-refractivity contribution in [1.82, 2.24) is 4.90 Å². The molecule has 1 fully saturated rings. The van der Waals surface area contributed by atoms with Gasteiger partial charge in [0, 0.05) is 18.2 Å². The first kappa shape index (κ1) is 19.8. The van der Waals surface area contributed by atoms with Crippen LogP contribution in [0, 0.1) is 0 Å². The topological polar surface area (TPSA) is 108 Å². The second-order valence-electron chi connectivity index (χ2n) is 5.94. The Labute approximate surface area is 169 Å². The van der Waals surface area contributed by atoms with Crippen LogP contribution in [0.15, 0.2) is 39.7 Å². The third-order valence-electron chi connectivity index (χ3n) is 3.93. The van der Waals surface area contributed by atoms with Crippen LogP contribution < -0.4 is 0 Å². The van der Waals surface area contributed by atoms with Gasteiger partial charge in [0.25, 0.3) is 5.91 Å². The molecule has 0 bridgehead atoms. The van der Waals surface area contributed by atoms with E-state index >= 15 is 0 Å². The van der Waals surface area contributed by atoms with Gasteiger partial charge in [-0.15, -0.1) is 0 Å². The summed E-state index contributed by atoms with van der Waals surface area (Å²) in [5, 5.41) is 18.4. The molecule has 1 aromatic heterocycles. The van der Waals surface area contributed by atoms with E-state index in [1.165, 1.54) is 28.8 Å². The number of aromatic carboxylic acids is 2. The van der Waals surface area contributed by atoms with Gasteiger partial charge in [0.05, 0.1) is 16.0 Å². The minimum atomic E-state index is -1.24. The van der Waals surface area contributed by atoms with Gasteiger partial charge in [-0.1, -0.05) is 30.9 Å². The van der Waals surface area contributed by atoms with E-state index in [9.17, 15) is 24.6 Å². The molecule has 0 atom stereocenters. The van der Waals surface area contributed by atoms with E-state index in [1.54, 1.807) is 18.2 Å². The molecule has 1 amide bonds. The fourth-order valence-corrected chi connectivity index (χ4v) is 3.94. The maximum atomic E-state index is 12.4. The first-order valence-corrected chi connectivity index (χ1v) is 9.50. The van der Waals surface area contributed by atoms with E-state index in [4.69, 9.17) is 16.6 Å². The molecule has 28 heavy (non-hydrogen) atoms. The molecule has 1 aliphatic heterocycles. The number of nitrogens with zero attached hydrogens (tertiary/aromatic N) is 1. The van der Waals surface area contributed by atoms with E-state index in [0.29, 0.717) is 32.9 Å². The van der Waals surface area contributed by atoms with Crippen molar-refractivity contribution in [3.05, 3.63) is 52.1 Å². The third kappa shape index (κ3) is 4.00. The van der Waals surface area contributed by atoms with Gasteiger partial charge < -0.3 is 14.6 Å². The summed E-state index contributed by atoms with van der Waals surface area (Å²) < 4.78 is 6.18. The lowest BCUT2D eigenvalue weighted by molar-refractivity contribution is -0.122. The molecular formula is C19H15NO6S2. The number of amides is 1. The molecule has 2 aromatic rings. The van der Waals surface area contributed by atoms with E-state index in [2.05, 4.69) is 0 Å². The lowest BCUT2D eigenvalue weighted by Crippen LogP contribution is -2.28. The Kier molecular flexibility index (Phi) is 5.66. The zero-order chi connectivity index (χ0) is 20.4. The molecule has 0 spiro atoms. The number of furan rings is 1. The van der Waals surface area contributed by atoms with Gasteiger partial charge >= 0.3 is 11.9 Å². The molecule has 0 radical (unpaired) electrons. The lowest BCUT2D eigenvalue weighted by atomic mass is 10.0. The largest absolute Gasteiger partial charge is 0.478 e. The lowest BCUT2D eigenvalue weighted by Gasteiger charge is -2.11. The van der Waals surface area contributed by atoms with Crippen LogP contribution in [0.25, 0.3) is 17.4 Å². The van der Waals surface area contributed by atoms with Crippen molar-refractivity contribution in [1.29, 1.82) is 0 Å². The highest BCUT2D eigenvalue weighted by Gasteiger charge is 2.31. The summed E-state index contributed by atoms with van der Waals surface area (Å²) in [6.07, 6.45) is 2.36. The van der Waals surface area contributed by atoms with Crippen molar-refractivity contribution in [2.75, 3.05) is 6.54 Å². The maximum absolute atomic E-state index is 12.4. The summed E-state index contributed by atoms with van der Waals surface area (Å²) in [4.78, 5) is 36.9. The van der Waals surface area contributed by atoms with Crippen molar-refractivity contribution < 1.29 is 29.0 Å². The predicted molar refractivity (Wildman–Crippen MR) is 108 cm³/mol. The van der Waals surface area contributed by atoms with E-state index in [1.807, 2.05) is 6.92 Å². The Bertz CT molecular complexity index is 991. The Balaban J connectivity index is 1.93. The maximum Gasteiger partial charge on any atom is 0.335 e. The number of thioether (sulfide) groups is 1. The molecule has 144 valence electrons. The zero-order valence-electron chi connectivity index (χ0n) is 14.7. The first-order valence-electron chi connectivity index (χ1n) is 8.27.